The molecule has 1 aromatic carbocycles. The molecule has 13 heavy (non-hydrogen) atoms. The minimum atomic E-state index is -2.11. The summed E-state index contributed by atoms with van der Waals surface area (Å²) in [6.07, 6.45) is 0. The highest BCUT2D eigenvalue weighted by Crippen LogP contribution is 2.23. The smallest absolute Gasteiger partial charge is 0.318 e. The van der Waals surface area contributed by atoms with E-state index in [4.69, 9.17) is 14.9 Å². The number of aliphatic hydroxyl groups is 2. The summed E-state index contributed by atoms with van der Waals surface area (Å²) in [4.78, 5) is 0. The zero-order valence-electron chi connectivity index (χ0n) is 8.03. The number of hydrogen-bond donors (Lipinski definition) is 2. The molecule has 0 spiro atoms. The van der Waals surface area contributed by atoms with Crippen molar-refractivity contribution < 1.29 is 14.9 Å². The molecule has 0 fully saturated rings. The van der Waals surface area contributed by atoms with Crippen LogP contribution < -0.4 is 4.74 Å². The summed E-state index contributed by atoms with van der Waals surface area (Å²) in [6.45, 7) is 4.99. The Balaban J connectivity index is 2.96. The number of aryl methyl sites for hydroxylation is 1. The lowest BCUT2D eigenvalue weighted by Crippen LogP contribution is -2.31. The van der Waals surface area contributed by atoms with E-state index in [0.717, 1.165) is 11.1 Å². The highest BCUT2D eigenvalue weighted by Gasteiger charge is 2.18. The molecule has 0 heterocycles. The van der Waals surface area contributed by atoms with Crippen molar-refractivity contribution in [3.8, 4) is 5.75 Å². The molecule has 0 saturated heterocycles. The van der Waals surface area contributed by atoms with Crippen molar-refractivity contribution in [3.63, 3.8) is 0 Å². The van der Waals surface area contributed by atoms with Gasteiger partial charge >= 0.3 is 5.97 Å². The Morgan fingerprint density at radius 3 is 2.38 bits per heavy atom. The Morgan fingerprint density at radius 2 is 1.85 bits per heavy atom. The van der Waals surface area contributed by atoms with Crippen LogP contribution in [0, 0.1) is 13.8 Å². The molecule has 0 radical (unpaired) electrons. The van der Waals surface area contributed by atoms with Crippen molar-refractivity contribution in [3.05, 3.63) is 29.3 Å². The van der Waals surface area contributed by atoms with Crippen LogP contribution in [0.15, 0.2) is 18.2 Å². The number of hydrogen-bond acceptors (Lipinski definition) is 3. The summed E-state index contributed by atoms with van der Waals surface area (Å²) in [7, 11) is 0. The molecule has 0 unspecified atom stereocenters. The second kappa shape index (κ2) is 3.36. The lowest BCUT2D eigenvalue weighted by atomic mass is 10.1. The predicted octanol–water partition coefficient (Wildman–Crippen LogP) is 1.34. The quantitative estimate of drug-likeness (QED) is 0.678. The predicted molar refractivity (Wildman–Crippen MR) is 49.4 cm³/mol. The number of rotatable bonds is 2. The zero-order valence-corrected chi connectivity index (χ0v) is 8.03. The summed E-state index contributed by atoms with van der Waals surface area (Å²) >= 11 is 0. The van der Waals surface area contributed by atoms with E-state index < -0.39 is 5.97 Å². The number of benzene rings is 1. The van der Waals surface area contributed by atoms with Crippen molar-refractivity contribution in [2.24, 2.45) is 0 Å². The van der Waals surface area contributed by atoms with Gasteiger partial charge in [-0.25, -0.2) is 0 Å². The molecule has 0 saturated carbocycles. The maximum absolute atomic E-state index is 9.02. The SMILES string of the molecule is Cc1cccc(OC(C)(O)O)c1C. The van der Waals surface area contributed by atoms with Gasteiger partial charge in [0.05, 0.1) is 0 Å². The Hall–Kier alpha value is -1.06. The molecule has 0 aromatic heterocycles. The molecule has 1 rings (SSSR count). The lowest BCUT2D eigenvalue weighted by Gasteiger charge is -2.19. The van der Waals surface area contributed by atoms with E-state index >= 15 is 0 Å². The summed E-state index contributed by atoms with van der Waals surface area (Å²) in [5, 5.41) is 18.0. The van der Waals surface area contributed by atoms with E-state index in [2.05, 4.69) is 0 Å². The molecule has 72 valence electrons. The second-order valence-electron chi connectivity index (χ2n) is 3.23. The van der Waals surface area contributed by atoms with Crippen molar-refractivity contribution in [2.45, 2.75) is 26.7 Å². The van der Waals surface area contributed by atoms with E-state index in [0.29, 0.717) is 5.75 Å². The molecule has 0 aliphatic heterocycles. The normalized spacial score (nSPS) is 11.5. The fourth-order valence-corrected chi connectivity index (χ4v) is 1.04. The Morgan fingerprint density at radius 1 is 1.23 bits per heavy atom. The number of ether oxygens (including phenoxy) is 1. The van der Waals surface area contributed by atoms with Gasteiger partial charge in [0, 0.05) is 6.92 Å². The minimum absolute atomic E-state index is 0.493. The largest absolute Gasteiger partial charge is 0.439 e. The third-order valence-corrected chi connectivity index (χ3v) is 1.86. The third-order valence-electron chi connectivity index (χ3n) is 1.86. The van der Waals surface area contributed by atoms with Gasteiger partial charge < -0.3 is 14.9 Å². The molecule has 0 atom stereocenters. The third kappa shape index (κ3) is 2.72. The first-order valence-corrected chi connectivity index (χ1v) is 4.10. The van der Waals surface area contributed by atoms with Gasteiger partial charge in [0.2, 0.25) is 0 Å². The maximum Gasteiger partial charge on any atom is 0.318 e. The van der Waals surface area contributed by atoms with Crippen LogP contribution in [0.2, 0.25) is 0 Å². The minimum Gasteiger partial charge on any atom is -0.439 e. The van der Waals surface area contributed by atoms with Gasteiger partial charge in [-0.05, 0) is 31.0 Å². The molecule has 0 aliphatic carbocycles. The van der Waals surface area contributed by atoms with E-state index in [1.807, 2.05) is 26.0 Å². The van der Waals surface area contributed by atoms with Crippen LogP contribution in [-0.4, -0.2) is 16.2 Å². The van der Waals surface area contributed by atoms with Gasteiger partial charge in [-0.15, -0.1) is 0 Å². The van der Waals surface area contributed by atoms with Crippen LogP contribution in [0.4, 0.5) is 0 Å². The first kappa shape index (κ1) is 10.0. The highest BCUT2D eigenvalue weighted by atomic mass is 16.8. The first-order chi connectivity index (χ1) is 5.90. The average molecular weight is 182 g/mol. The molecule has 0 bridgehead atoms. The average Bonchev–Trinajstić information content (AvgIpc) is 1.96. The summed E-state index contributed by atoms with van der Waals surface area (Å²) in [6, 6.07) is 5.45. The fraction of sp³-hybridized carbons (Fsp3) is 0.400. The Labute approximate surface area is 77.6 Å². The van der Waals surface area contributed by atoms with E-state index in [-0.39, 0.29) is 0 Å². The molecule has 1 aromatic rings. The van der Waals surface area contributed by atoms with Crippen LogP contribution in [0.25, 0.3) is 0 Å². The van der Waals surface area contributed by atoms with Crippen LogP contribution in [0.5, 0.6) is 5.75 Å². The Kier molecular flexibility index (Phi) is 2.59. The second-order valence-corrected chi connectivity index (χ2v) is 3.23. The van der Waals surface area contributed by atoms with E-state index in [1.54, 1.807) is 6.07 Å². The van der Waals surface area contributed by atoms with E-state index in [1.165, 1.54) is 6.92 Å². The van der Waals surface area contributed by atoms with Crippen molar-refractivity contribution in [1.29, 1.82) is 0 Å². The van der Waals surface area contributed by atoms with Gasteiger partial charge in [-0.1, -0.05) is 12.1 Å². The van der Waals surface area contributed by atoms with Crippen LogP contribution in [-0.2, 0) is 0 Å². The summed E-state index contributed by atoms with van der Waals surface area (Å²) in [5.74, 6) is -1.62. The molecular formula is C10H14O3. The van der Waals surface area contributed by atoms with Crippen LogP contribution >= 0.6 is 0 Å². The maximum atomic E-state index is 9.02. The van der Waals surface area contributed by atoms with Crippen LogP contribution in [0.3, 0.4) is 0 Å². The molecular weight excluding hydrogens is 168 g/mol. The molecule has 2 N–H and O–H groups in total. The van der Waals surface area contributed by atoms with Crippen molar-refractivity contribution >= 4 is 0 Å². The molecule has 0 aliphatic rings. The van der Waals surface area contributed by atoms with Gasteiger partial charge in [0.15, 0.2) is 0 Å². The monoisotopic (exact) mass is 182 g/mol. The van der Waals surface area contributed by atoms with Gasteiger partial charge in [-0.2, -0.15) is 0 Å². The van der Waals surface area contributed by atoms with Gasteiger partial charge in [0.25, 0.3) is 0 Å². The zero-order chi connectivity index (χ0) is 10.1. The first-order valence-electron chi connectivity index (χ1n) is 4.10. The summed E-state index contributed by atoms with van der Waals surface area (Å²) in [5.41, 5.74) is 1.97. The van der Waals surface area contributed by atoms with Crippen molar-refractivity contribution in [1.82, 2.24) is 0 Å². The van der Waals surface area contributed by atoms with E-state index in [9.17, 15) is 0 Å². The molecule has 3 heteroatoms. The van der Waals surface area contributed by atoms with Crippen molar-refractivity contribution in [2.75, 3.05) is 0 Å². The standard InChI is InChI=1S/C10H14O3/c1-7-5-4-6-9(8(7)2)13-10(3,11)12/h4-6,11-12H,1-3H3. The molecule has 0 amide bonds. The molecule has 3 nitrogen and oxygen atoms in total. The topological polar surface area (TPSA) is 49.7 Å². The lowest BCUT2D eigenvalue weighted by molar-refractivity contribution is -0.278. The Bertz CT molecular complexity index is 300. The van der Waals surface area contributed by atoms with Gasteiger partial charge in [0.1, 0.15) is 5.75 Å². The fourth-order valence-electron chi connectivity index (χ4n) is 1.04. The van der Waals surface area contributed by atoms with Crippen LogP contribution in [0.1, 0.15) is 18.1 Å². The highest BCUT2D eigenvalue weighted by molar-refractivity contribution is 5.38. The summed E-state index contributed by atoms with van der Waals surface area (Å²) < 4.78 is 4.92. The van der Waals surface area contributed by atoms with Gasteiger partial charge in [-0.3, -0.25) is 0 Å².